The van der Waals surface area contributed by atoms with Crippen LogP contribution in [0.15, 0.2) is 0 Å². The van der Waals surface area contributed by atoms with E-state index in [-0.39, 0.29) is 0 Å². The van der Waals surface area contributed by atoms with Crippen molar-refractivity contribution in [3.63, 3.8) is 0 Å². The highest BCUT2D eigenvalue weighted by molar-refractivity contribution is 9.10. The summed E-state index contributed by atoms with van der Waals surface area (Å²) < 4.78 is 1.34. The van der Waals surface area contributed by atoms with Crippen molar-refractivity contribution in [1.82, 2.24) is 0 Å². The van der Waals surface area contributed by atoms with Gasteiger partial charge in [0.1, 0.15) is 0 Å². The summed E-state index contributed by atoms with van der Waals surface area (Å²) in [6.45, 7) is 0. The van der Waals surface area contributed by atoms with Crippen LogP contribution in [0.3, 0.4) is 0 Å². The molecule has 2 rings (SSSR count). The molecule has 0 aromatic heterocycles. The fourth-order valence-electron chi connectivity index (χ4n) is 2.03. The van der Waals surface area contributed by atoms with E-state index in [0.29, 0.717) is 4.32 Å². The Morgan fingerprint density at radius 2 is 1.58 bits per heavy atom. The van der Waals surface area contributed by atoms with Crippen LogP contribution in [-0.4, -0.2) is 20.4 Å². The van der Waals surface area contributed by atoms with Crippen LogP contribution in [0.1, 0.15) is 32.1 Å². The molecular formula is C9H15BrS2. The van der Waals surface area contributed by atoms with Crippen molar-refractivity contribution < 1.29 is 0 Å². The van der Waals surface area contributed by atoms with Crippen molar-refractivity contribution >= 4 is 39.5 Å². The van der Waals surface area contributed by atoms with E-state index in [1.807, 2.05) is 0 Å². The van der Waals surface area contributed by atoms with Gasteiger partial charge in [0.05, 0.1) is 4.58 Å². The van der Waals surface area contributed by atoms with E-state index in [9.17, 15) is 0 Å². The third-order valence-corrected chi connectivity index (χ3v) is 8.05. The summed E-state index contributed by atoms with van der Waals surface area (Å²) in [5.74, 6) is 2.73. The maximum absolute atomic E-state index is 3.98. The van der Waals surface area contributed by atoms with Gasteiger partial charge in [-0.3, -0.25) is 0 Å². The van der Waals surface area contributed by atoms with Crippen LogP contribution in [0.25, 0.3) is 0 Å². The van der Waals surface area contributed by atoms with Crippen molar-refractivity contribution in [3.05, 3.63) is 0 Å². The predicted molar refractivity (Wildman–Crippen MR) is 63.4 cm³/mol. The van der Waals surface area contributed by atoms with Gasteiger partial charge < -0.3 is 0 Å². The van der Waals surface area contributed by atoms with E-state index < -0.39 is 0 Å². The Hall–Kier alpha value is 1.18. The molecule has 0 amide bonds. The summed E-state index contributed by atoms with van der Waals surface area (Å²) in [5.41, 5.74) is 0. The van der Waals surface area contributed by atoms with Crippen LogP contribution in [-0.2, 0) is 0 Å². The van der Waals surface area contributed by atoms with Crippen molar-refractivity contribution in [2.24, 2.45) is 0 Å². The summed E-state index contributed by atoms with van der Waals surface area (Å²) in [4.78, 5) is 0. The molecule has 12 heavy (non-hydrogen) atoms. The van der Waals surface area contributed by atoms with Gasteiger partial charge in [-0.2, -0.15) is 0 Å². The topological polar surface area (TPSA) is 0 Å². The zero-order valence-corrected chi connectivity index (χ0v) is 10.4. The zero-order chi connectivity index (χ0) is 8.44. The molecule has 3 heteroatoms. The summed E-state index contributed by atoms with van der Waals surface area (Å²) in [6.07, 6.45) is 7.12. The lowest BCUT2D eigenvalue weighted by Gasteiger charge is -2.35. The Labute approximate surface area is 91.8 Å². The highest BCUT2D eigenvalue weighted by Gasteiger charge is 2.39. The minimum absolute atomic E-state index is 0.497. The first-order chi connectivity index (χ1) is 5.81. The minimum atomic E-state index is 0.497. The summed E-state index contributed by atoms with van der Waals surface area (Å²) in [5, 5.41) is 0. The molecule has 0 nitrogen and oxygen atoms in total. The van der Waals surface area contributed by atoms with Crippen molar-refractivity contribution in [2.45, 2.75) is 41.0 Å². The molecule has 2 fully saturated rings. The third-order valence-electron chi connectivity index (χ3n) is 2.73. The highest BCUT2D eigenvalue weighted by Crippen LogP contribution is 2.50. The highest BCUT2D eigenvalue weighted by atomic mass is 79.9. The Morgan fingerprint density at radius 3 is 2.17 bits per heavy atom. The van der Waals surface area contributed by atoms with E-state index in [1.165, 1.54) is 43.6 Å². The lowest BCUT2D eigenvalue weighted by atomic mass is 9.90. The van der Waals surface area contributed by atoms with Gasteiger partial charge in [-0.05, 0) is 12.8 Å². The summed E-state index contributed by atoms with van der Waals surface area (Å²) in [7, 11) is 0. The van der Waals surface area contributed by atoms with E-state index in [2.05, 4.69) is 39.5 Å². The summed E-state index contributed by atoms with van der Waals surface area (Å²) >= 11 is 8.31. The van der Waals surface area contributed by atoms with Gasteiger partial charge in [0.15, 0.2) is 0 Å². The smallest absolute Gasteiger partial charge is 0.0655 e. The Balaban J connectivity index is 1.97. The molecule has 1 heterocycles. The van der Waals surface area contributed by atoms with Crippen molar-refractivity contribution in [3.8, 4) is 0 Å². The van der Waals surface area contributed by atoms with Gasteiger partial charge in [0, 0.05) is 15.8 Å². The molecule has 0 aromatic carbocycles. The number of thioether (sulfide) groups is 2. The molecular weight excluding hydrogens is 252 g/mol. The molecule has 0 aromatic rings. The van der Waals surface area contributed by atoms with Crippen LogP contribution in [0, 0.1) is 0 Å². The number of rotatable bonds is 1. The fraction of sp³-hybridized carbons (Fsp3) is 1.00. The molecule has 0 radical (unpaired) electrons. The van der Waals surface area contributed by atoms with Gasteiger partial charge in [0.25, 0.3) is 0 Å². The van der Waals surface area contributed by atoms with Gasteiger partial charge in [-0.15, -0.1) is 23.5 Å². The first-order valence-electron chi connectivity index (χ1n) is 4.73. The molecule has 1 saturated heterocycles. The average Bonchev–Trinajstić information content (AvgIpc) is 2.58. The fourth-order valence-corrected chi connectivity index (χ4v) is 6.62. The van der Waals surface area contributed by atoms with Gasteiger partial charge >= 0.3 is 0 Å². The lowest BCUT2D eigenvalue weighted by molar-refractivity contribution is 0.426. The minimum Gasteiger partial charge on any atom is -0.145 e. The Morgan fingerprint density at radius 1 is 1.00 bits per heavy atom. The van der Waals surface area contributed by atoms with E-state index >= 15 is 0 Å². The molecule has 0 spiro atoms. The maximum Gasteiger partial charge on any atom is 0.0655 e. The molecule has 1 aliphatic heterocycles. The predicted octanol–water partition coefficient (Wildman–Crippen LogP) is 3.89. The van der Waals surface area contributed by atoms with Crippen molar-refractivity contribution in [1.29, 1.82) is 0 Å². The molecule has 1 aliphatic carbocycles. The van der Waals surface area contributed by atoms with E-state index in [4.69, 9.17) is 0 Å². The molecule has 0 bridgehead atoms. The first-order valence-corrected chi connectivity index (χ1v) is 7.62. The third kappa shape index (κ3) is 1.98. The zero-order valence-electron chi connectivity index (χ0n) is 7.22. The molecule has 0 unspecified atom stereocenters. The number of halogens is 1. The number of hydrogen-bond donors (Lipinski definition) is 0. The quantitative estimate of drug-likeness (QED) is 0.661. The standard InChI is InChI=1S/C9H15BrS2/c10-9(4-2-1-3-5-9)8-11-6-7-12-8/h8H,1-7H2. The largest absolute Gasteiger partial charge is 0.145 e. The van der Waals surface area contributed by atoms with Crippen LogP contribution < -0.4 is 0 Å². The van der Waals surface area contributed by atoms with Crippen LogP contribution in [0.5, 0.6) is 0 Å². The molecule has 70 valence electrons. The SMILES string of the molecule is BrC1(C2SCCS2)CCCCC1. The Kier molecular flexibility index (Phi) is 3.35. The van der Waals surface area contributed by atoms with Gasteiger partial charge in [-0.25, -0.2) is 0 Å². The normalized spacial score (nSPS) is 30.8. The second-order valence-corrected chi connectivity index (χ2v) is 7.97. The van der Waals surface area contributed by atoms with Crippen molar-refractivity contribution in [2.75, 3.05) is 11.5 Å². The molecule has 0 N–H and O–H groups in total. The monoisotopic (exact) mass is 266 g/mol. The van der Waals surface area contributed by atoms with Gasteiger partial charge in [0.2, 0.25) is 0 Å². The van der Waals surface area contributed by atoms with Crippen LogP contribution >= 0.6 is 39.5 Å². The maximum atomic E-state index is 3.98. The molecule has 1 saturated carbocycles. The number of alkyl halides is 1. The second-order valence-electron chi connectivity index (χ2n) is 3.67. The van der Waals surface area contributed by atoms with E-state index in [1.54, 1.807) is 0 Å². The van der Waals surface area contributed by atoms with E-state index in [0.717, 1.165) is 4.58 Å². The van der Waals surface area contributed by atoms with Crippen LogP contribution in [0.4, 0.5) is 0 Å². The van der Waals surface area contributed by atoms with Crippen LogP contribution in [0.2, 0.25) is 0 Å². The van der Waals surface area contributed by atoms with Gasteiger partial charge in [-0.1, -0.05) is 35.2 Å². The second kappa shape index (κ2) is 4.14. The molecule has 2 aliphatic rings. The molecule has 0 atom stereocenters. The summed E-state index contributed by atoms with van der Waals surface area (Å²) in [6, 6.07) is 0. The average molecular weight is 267 g/mol. The number of hydrogen-bond acceptors (Lipinski definition) is 2. The first kappa shape index (κ1) is 9.72. The lowest BCUT2D eigenvalue weighted by Crippen LogP contribution is -2.32. The Bertz CT molecular complexity index is 149.